The molecule has 0 spiro atoms. The normalized spacial score (nSPS) is 16.9. The quantitative estimate of drug-likeness (QED) is 0.356. The zero-order valence-corrected chi connectivity index (χ0v) is 20.0. The maximum Gasteiger partial charge on any atom is 0.259 e. The molecule has 0 fully saturated rings. The Morgan fingerprint density at radius 2 is 2.16 bits per heavy atom. The molecule has 4 aromatic rings. The molecule has 5 rings (SSSR count). The molecule has 1 aliphatic carbocycles. The summed E-state index contributed by atoms with van der Waals surface area (Å²) in [6, 6.07) is 8.15. The van der Waals surface area contributed by atoms with Gasteiger partial charge in [-0.3, -0.25) is 4.79 Å². The minimum Gasteiger partial charge on any atom is -0.330 e. The van der Waals surface area contributed by atoms with Gasteiger partial charge in [-0.1, -0.05) is 42.2 Å². The Labute approximate surface area is 192 Å². The Morgan fingerprint density at radius 3 is 3.00 bits per heavy atom. The highest BCUT2D eigenvalue weighted by molar-refractivity contribution is 8.01. The Morgan fingerprint density at radius 1 is 1.29 bits per heavy atom. The van der Waals surface area contributed by atoms with Crippen LogP contribution in [0.25, 0.3) is 10.2 Å². The second-order valence-electron chi connectivity index (χ2n) is 8.11. The summed E-state index contributed by atoms with van der Waals surface area (Å²) < 4.78 is 0.838. The van der Waals surface area contributed by atoms with E-state index in [-0.39, 0.29) is 10.8 Å². The molecular weight excluding hydrogens is 446 g/mol. The zero-order chi connectivity index (χ0) is 21.5. The molecule has 31 heavy (non-hydrogen) atoms. The first kappa shape index (κ1) is 20.7. The largest absolute Gasteiger partial charge is 0.330 e. The molecule has 0 radical (unpaired) electrons. The molecule has 0 unspecified atom stereocenters. The monoisotopic (exact) mass is 469 g/mol. The molecule has 1 aromatic carbocycles. The lowest BCUT2D eigenvalue weighted by Gasteiger charge is -2.17. The second kappa shape index (κ2) is 8.37. The lowest BCUT2D eigenvalue weighted by Crippen LogP contribution is -2.15. The van der Waals surface area contributed by atoms with E-state index in [0.29, 0.717) is 11.7 Å². The molecule has 0 saturated heterocycles. The van der Waals surface area contributed by atoms with Crippen LogP contribution in [0.4, 0.5) is 10.8 Å². The van der Waals surface area contributed by atoms with Crippen LogP contribution in [-0.2, 0) is 12.8 Å². The first-order chi connectivity index (χ1) is 15.0. The van der Waals surface area contributed by atoms with Crippen molar-refractivity contribution in [1.29, 1.82) is 0 Å². The number of thiophene rings is 1. The van der Waals surface area contributed by atoms with Crippen molar-refractivity contribution in [2.45, 2.75) is 49.6 Å². The standard InChI is InChI=1S/C22H23N5OS3/c1-11-5-4-6-14(9-11)23-21-26-27-22(31-21)29-13(3)18-24-19(28)17-15-8-7-12(2)10-16(15)30-20(17)25-18/h4-6,9,12-13H,7-8,10H2,1-3H3,(H,23,26)(H,24,25,28)/t12-,13+/m0/s1. The van der Waals surface area contributed by atoms with Gasteiger partial charge in [0, 0.05) is 10.6 Å². The molecule has 3 aromatic heterocycles. The van der Waals surface area contributed by atoms with Crippen molar-refractivity contribution in [1.82, 2.24) is 20.2 Å². The number of aryl methyl sites for hydroxylation is 2. The van der Waals surface area contributed by atoms with Crippen molar-refractivity contribution in [3.8, 4) is 0 Å². The molecule has 2 atom stereocenters. The summed E-state index contributed by atoms with van der Waals surface area (Å²) in [7, 11) is 0. The van der Waals surface area contributed by atoms with E-state index in [1.165, 1.54) is 27.3 Å². The molecular formula is C22H23N5OS3. The minimum atomic E-state index is -0.0325. The zero-order valence-electron chi connectivity index (χ0n) is 17.6. The van der Waals surface area contributed by atoms with Gasteiger partial charge in [-0.2, -0.15) is 0 Å². The third-order valence-corrected chi connectivity index (χ3v) is 8.70. The van der Waals surface area contributed by atoms with Crippen molar-refractivity contribution >= 4 is 55.5 Å². The van der Waals surface area contributed by atoms with Gasteiger partial charge in [0.2, 0.25) is 5.13 Å². The SMILES string of the molecule is Cc1cccc(Nc2nnc(S[C@H](C)c3nc4sc5c(c4c(=O)[nH]3)CC[C@H](C)C5)s2)c1. The number of nitrogens with zero attached hydrogens (tertiary/aromatic N) is 3. The van der Waals surface area contributed by atoms with Crippen LogP contribution in [0.15, 0.2) is 33.4 Å². The average Bonchev–Trinajstić information content (AvgIpc) is 3.31. The molecule has 0 saturated carbocycles. The van der Waals surface area contributed by atoms with Crippen LogP contribution in [0, 0.1) is 12.8 Å². The predicted molar refractivity (Wildman–Crippen MR) is 130 cm³/mol. The van der Waals surface area contributed by atoms with Crippen molar-refractivity contribution in [3.05, 3.63) is 56.4 Å². The number of benzene rings is 1. The van der Waals surface area contributed by atoms with Crippen molar-refractivity contribution in [3.63, 3.8) is 0 Å². The molecule has 0 bridgehead atoms. The van der Waals surface area contributed by atoms with Crippen LogP contribution >= 0.6 is 34.4 Å². The van der Waals surface area contributed by atoms with Gasteiger partial charge in [-0.15, -0.1) is 21.5 Å². The molecule has 2 N–H and O–H groups in total. The van der Waals surface area contributed by atoms with Crippen LogP contribution in [0.5, 0.6) is 0 Å². The third kappa shape index (κ3) is 4.26. The summed E-state index contributed by atoms with van der Waals surface area (Å²) in [5.74, 6) is 1.37. The average molecular weight is 470 g/mol. The number of anilines is 2. The number of H-pyrrole nitrogens is 1. The van der Waals surface area contributed by atoms with Crippen LogP contribution < -0.4 is 10.9 Å². The van der Waals surface area contributed by atoms with E-state index in [1.807, 2.05) is 19.1 Å². The van der Waals surface area contributed by atoms with Gasteiger partial charge < -0.3 is 10.3 Å². The highest BCUT2D eigenvalue weighted by Gasteiger charge is 2.24. The summed E-state index contributed by atoms with van der Waals surface area (Å²) in [6.07, 6.45) is 3.17. The number of fused-ring (bicyclic) bond motifs is 3. The third-order valence-electron chi connectivity index (χ3n) is 5.52. The Bertz CT molecular complexity index is 1310. The summed E-state index contributed by atoms with van der Waals surface area (Å²) in [5, 5.41) is 13.4. The van der Waals surface area contributed by atoms with E-state index in [4.69, 9.17) is 4.98 Å². The number of hydrogen-bond donors (Lipinski definition) is 2. The number of hydrogen-bond acceptors (Lipinski definition) is 8. The summed E-state index contributed by atoms with van der Waals surface area (Å²) in [4.78, 5) is 22.9. The number of rotatable bonds is 5. The number of aromatic nitrogens is 4. The lowest BCUT2D eigenvalue weighted by atomic mass is 9.89. The van der Waals surface area contributed by atoms with Crippen LogP contribution in [0.1, 0.15) is 47.3 Å². The van der Waals surface area contributed by atoms with Gasteiger partial charge in [-0.25, -0.2) is 4.98 Å². The van der Waals surface area contributed by atoms with Crippen molar-refractivity contribution in [2.24, 2.45) is 5.92 Å². The topological polar surface area (TPSA) is 83.6 Å². The smallest absolute Gasteiger partial charge is 0.259 e. The van der Waals surface area contributed by atoms with E-state index >= 15 is 0 Å². The van der Waals surface area contributed by atoms with Gasteiger partial charge >= 0.3 is 0 Å². The molecule has 6 nitrogen and oxygen atoms in total. The molecule has 160 valence electrons. The van der Waals surface area contributed by atoms with Crippen LogP contribution in [0.3, 0.4) is 0 Å². The van der Waals surface area contributed by atoms with Gasteiger partial charge in [0.1, 0.15) is 10.7 Å². The lowest BCUT2D eigenvalue weighted by molar-refractivity contribution is 0.509. The fourth-order valence-electron chi connectivity index (χ4n) is 3.92. The first-order valence-electron chi connectivity index (χ1n) is 10.3. The van der Waals surface area contributed by atoms with Gasteiger partial charge in [0.05, 0.1) is 10.6 Å². The number of aromatic amines is 1. The highest BCUT2D eigenvalue weighted by atomic mass is 32.2. The number of nitrogens with one attached hydrogen (secondary N) is 2. The summed E-state index contributed by atoms with van der Waals surface area (Å²) in [5.41, 5.74) is 3.38. The fourth-order valence-corrected chi connectivity index (χ4v) is 7.28. The first-order valence-corrected chi connectivity index (χ1v) is 12.9. The minimum absolute atomic E-state index is 0.0152. The summed E-state index contributed by atoms with van der Waals surface area (Å²) in [6.45, 7) is 6.38. The maximum absolute atomic E-state index is 12.9. The van der Waals surface area contributed by atoms with Gasteiger partial charge in [0.25, 0.3) is 5.56 Å². The second-order valence-corrected chi connectivity index (χ2v) is 11.8. The van der Waals surface area contributed by atoms with Crippen molar-refractivity contribution in [2.75, 3.05) is 5.32 Å². The van der Waals surface area contributed by atoms with Gasteiger partial charge in [-0.05, 0) is 62.3 Å². The van der Waals surface area contributed by atoms with E-state index in [1.54, 1.807) is 23.1 Å². The molecule has 9 heteroatoms. The van der Waals surface area contributed by atoms with E-state index < -0.39 is 0 Å². The van der Waals surface area contributed by atoms with Gasteiger partial charge in [0.15, 0.2) is 4.34 Å². The Balaban J connectivity index is 1.35. The highest BCUT2D eigenvalue weighted by Crippen LogP contribution is 2.39. The van der Waals surface area contributed by atoms with E-state index in [0.717, 1.165) is 44.6 Å². The summed E-state index contributed by atoms with van der Waals surface area (Å²) >= 11 is 4.75. The predicted octanol–water partition coefficient (Wildman–Crippen LogP) is 5.87. The molecule has 3 heterocycles. The molecule has 0 aliphatic heterocycles. The maximum atomic E-state index is 12.9. The fraction of sp³-hybridized carbons (Fsp3) is 0.364. The van der Waals surface area contributed by atoms with E-state index in [2.05, 4.69) is 46.5 Å². The van der Waals surface area contributed by atoms with Crippen LogP contribution in [0.2, 0.25) is 0 Å². The number of thioether (sulfide) groups is 1. The Kier molecular flexibility index (Phi) is 5.58. The van der Waals surface area contributed by atoms with E-state index in [9.17, 15) is 4.79 Å². The molecule has 0 amide bonds. The molecule has 1 aliphatic rings. The van der Waals surface area contributed by atoms with Crippen molar-refractivity contribution < 1.29 is 0 Å². The van der Waals surface area contributed by atoms with Crippen LogP contribution in [-0.4, -0.2) is 20.2 Å². The Hall–Kier alpha value is -2.23.